The molecule has 156 valence electrons. The average Bonchev–Trinajstić information content (AvgIpc) is 2.65. The minimum atomic E-state index is -4.33. The molecule has 0 fully saturated rings. The molecule has 0 spiro atoms. The van der Waals surface area contributed by atoms with Gasteiger partial charge in [-0.2, -0.15) is 13.2 Å². The first-order chi connectivity index (χ1) is 12.8. The van der Waals surface area contributed by atoms with Crippen molar-refractivity contribution in [3.05, 3.63) is 35.4 Å². The van der Waals surface area contributed by atoms with Crippen LogP contribution in [0.3, 0.4) is 0 Å². The van der Waals surface area contributed by atoms with Crippen LogP contribution in [0, 0.1) is 5.92 Å². The molecule has 0 amide bonds. The molecule has 0 heterocycles. The van der Waals surface area contributed by atoms with Gasteiger partial charge in [0, 0.05) is 27.2 Å². The molecule has 1 atom stereocenters. The molecule has 27 heavy (non-hydrogen) atoms. The molecular weight excluding hydrogens is 357 g/mol. The van der Waals surface area contributed by atoms with Gasteiger partial charge in [-0.3, -0.25) is 0 Å². The van der Waals surface area contributed by atoms with E-state index in [0.717, 1.165) is 37.0 Å². The molecule has 1 aromatic rings. The minimum Gasteiger partial charge on any atom is -0.331 e. The van der Waals surface area contributed by atoms with Crippen LogP contribution in [0.4, 0.5) is 13.2 Å². The van der Waals surface area contributed by atoms with E-state index in [1.807, 2.05) is 0 Å². The van der Waals surface area contributed by atoms with E-state index < -0.39 is 17.7 Å². The van der Waals surface area contributed by atoms with Crippen LogP contribution in [0.5, 0.6) is 0 Å². The van der Waals surface area contributed by atoms with Gasteiger partial charge >= 0.3 is 6.18 Å². The largest absolute Gasteiger partial charge is 0.416 e. The van der Waals surface area contributed by atoms with Crippen LogP contribution in [0.2, 0.25) is 0 Å². The van der Waals surface area contributed by atoms with Gasteiger partial charge in [-0.15, -0.1) is 0 Å². The molecule has 1 unspecified atom stereocenters. The van der Waals surface area contributed by atoms with Crippen LogP contribution >= 0.6 is 0 Å². The van der Waals surface area contributed by atoms with E-state index in [2.05, 4.69) is 6.92 Å². The van der Waals surface area contributed by atoms with Crippen molar-refractivity contribution < 1.29 is 27.4 Å². The van der Waals surface area contributed by atoms with Gasteiger partial charge in [0.15, 0.2) is 0 Å². The first kappa shape index (κ1) is 23.9. The zero-order valence-electron chi connectivity index (χ0n) is 16.9. The maximum Gasteiger partial charge on any atom is 0.416 e. The van der Waals surface area contributed by atoms with Crippen molar-refractivity contribution in [2.24, 2.45) is 5.92 Å². The third kappa shape index (κ3) is 7.43. The molecule has 1 rings (SSSR count). The molecule has 0 aliphatic carbocycles. The standard InChI is InChI=1S/C21H33F3O3/c1-5-6-7-8-9-10-11-19(21(25-2,26-3)27-4)16-17-12-14-18(15-13-17)20(22,23)24/h12-15,19H,5-11,16H2,1-4H3. The number of benzene rings is 1. The van der Waals surface area contributed by atoms with Crippen molar-refractivity contribution in [2.75, 3.05) is 21.3 Å². The summed E-state index contributed by atoms with van der Waals surface area (Å²) in [5, 5.41) is 0. The number of halogens is 3. The maximum atomic E-state index is 12.8. The maximum absolute atomic E-state index is 12.8. The number of rotatable bonds is 13. The Morgan fingerprint density at radius 3 is 1.81 bits per heavy atom. The fraction of sp³-hybridized carbons (Fsp3) is 0.714. The Kier molecular flexibility index (Phi) is 10.3. The predicted molar refractivity (Wildman–Crippen MR) is 100 cm³/mol. The van der Waals surface area contributed by atoms with Crippen LogP contribution in [-0.4, -0.2) is 27.3 Å². The Labute approximate surface area is 161 Å². The zero-order valence-corrected chi connectivity index (χ0v) is 16.9. The van der Waals surface area contributed by atoms with E-state index in [0.29, 0.717) is 6.42 Å². The number of methoxy groups -OCH3 is 3. The van der Waals surface area contributed by atoms with Crippen molar-refractivity contribution in [2.45, 2.75) is 70.4 Å². The summed E-state index contributed by atoms with van der Waals surface area (Å²) in [7, 11) is 4.57. The number of alkyl halides is 3. The molecule has 0 radical (unpaired) electrons. The molecular formula is C21H33F3O3. The molecule has 0 saturated heterocycles. The molecule has 0 saturated carbocycles. The topological polar surface area (TPSA) is 27.7 Å². The van der Waals surface area contributed by atoms with Gasteiger partial charge in [0.25, 0.3) is 5.97 Å². The number of ether oxygens (including phenoxy) is 3. The Hall–Kier alpha value is -1.11. The van der Waals surface area contributed by atoms with Crippen LogP contribution < -0.4 is 0 Å². The monoisotopic (exact) mass is 390 g/mol. The highest BCUT2D eigenvalue weighted by Crippen LogP contribution is 2.33. The van der Waals surface area contributed by atoms with Crippen LogP contribution in [0.25, 0.3) is 0 Å². The van der Waals surface area contributed by atoms with Crippen LogP contribution in [-0.2, 0) is 26.8 Å². The fourth-order valence-corrected chi connectivity index (χ4v) is 3.44. The van der Waals surface area contributed by atoms with Crippen molar-refractivity contribution >= 4 is 0 Å². The lowest BCUT2D eigenvalue weighted by molar-refractivity contribution is -0.379. The van der Waals surface area contributed by atoms with Gasteiger partial charge in [-0.1, -0.05) is 57.6 Å². The summed E-state index contributed by atoms with van der Waals surface area (Å²) >= 11 is 0. The Bertz CT molecular complexity index is 502. The summed E-state index contributed by atoms with van der Waals surface area (Å²) < 4.78 is 54.9. The molecule has 0 aliphatic heterocycles. The van der Waals surface area contributed by atoms with E-state index in [4.69, 9.17) is 14.2 Å². The first-order valence-corrected chi connectivity index (χ1v) is 9.64. The molecule has 3 nitrogen and oxygen atoms in total. The van der Waals surface area contributed by atoms with E-state index in [1.165, 1.54) is 59.1 Å². The third-order valence-corrected chi connectivity index (χ3v) is 5.02. The quantitative estimate of drug-likeness (QED) is 0.296. The molecule has 1 aromatic carbocycles. The number of hydrogen-bond donors (Lipinski definition) is 0. The van der Waals surface area contributed by atoms with Crippen molar-refractivity contribution in [3.63, 3.8) is 0 Å². The number of hydrogen-bond acceptors (Lipinski definition) is 3. The third-order valence-electron chi connectivity index (χ3n) is 5.02. The van der Waals surface area contributed by atoms with Gasteiger partial charge in [-0.05, 0) is 30.5 Å². The summed E-state index contributed by atoms with van der Waals surface area (Å²) in [5.41, 5.74) is 0.157. The molecule has 0 N–H and O–H groups in total. The van der Waals surface area contributed by atoms with Gasteiger partial charge in [0.2, 0.25) is 0 Å². The van der Waals surface area contributed by atoms with Crippen molar-refractivity contribution in [1.82, 2.24) is 0 Å². The second kappa shape index (κ2) is 11.7. The van der Waals surface area contributed by atoms with E-state index in [9.17, 15) is 13.2 Å². The normalized spacial score (nSPS) is 13.7. The Morgan fingerprint density at radius 2 is 1.33 bits per heavy atom. The SMILES string of the molecule is CCCCCCCCC(Cc1ccc(C(F)(F)F)cc1)C(OC)(OC)OC. The van der Waals surface area contributed by atoms with Gasteiger partial charge in [-0.25, -0.2) is 0 Å². The zero-order chi connectivity index (χ0) is 20.3. The highest BCUT2D eigenvalue weighted by atomic mass is 19.4. The lowest BCUT2D eigenvalue weighted by atomic mass is 9.90. The van der Waals surface area contributed by atoms with Crippen LogP contribution in [0.15, 0.2) is 24.3 Å². The smallest absolute Gasteiger partial charge is 0.331 e. The highest BCUT2D eigenvalue weighted by molar-refractivity contribution is 5.25. The summed E-state index contributed by atoms with van der Waals surface area (Å²) in [6, 6.07) is 5.27. The summed E-state index contributed by atoms with van der Waals surface area (Å²) in [5.74, 6) is -1.33. The first-order valence-electron chi connectivity index (χ1n) is 9.64. The highest BCUT2D eigenvalue weighted by Gasteiger charge is 2.39. The lowest BCUT2D eigenvalue weighted by Gasteiger charge is -2.36. The molecule has 0 aliphatic rings. The second-order valence-electron chi connectivity index (χ2n) is 6.87. The minimum absolute atomic E-state index is 0.125. The predicted octanol–water partition coefficient (Wildman–Crippen LogP) is 6.21. The lowest BCUT2D eigenvalue weighted by Crippen LogP contribution is -2.45. The average molecular weight is 390 g/mol. The van der Waals surface area contributed by atoms with Gasteiger partial charge < -0.3 is 14.2 Å². The molecule has 6 heteroatoms. The van der Waals surface area contributed by atoms with E-state index in [-0.39, 0.29) is 5.92 Å². The fourth-order valence-electron chi connectivity index (χ4n) is 3.44. The van der Waals surface area contributed by atoms with Crippen molar-refractivity contribution in [1.29, 1.82) is 0 Å². The Morgan fingerprint density at radius 1 is 0.815 bits per heavy atom. The van der Waals surface area contributed by atoms with Crippen LogP contribution in [0.1, 0.15) is 63.0 Å². The summed E-state index contributed by atoms with van der Waals surface area (Å²) in [6.07, 6.45) is 3.95. The summed E-state index contributed by atoms with van der Waals surface area (Å²) in [4.78, 5) is 0. The van der Waals surface area contributed by atoms with Gasteiger partial charge in [0.05, 0.1) is 5.56 Å². The Balaban J connectivity index is 2.81. The molecule has 0 aromatic heterocycles. The molecule has 0 bridgehead atoms. The van der Waals surface area contributed by atoms with Crippen molar-refractivity contribution in [3.8, 4) is 0 Å². The number of unbranched alkanes of at least 4 members (excludes halogenated alkanes) is 5. The van der Waals surface area contributed by atoms with Gasteiger partial charge in [0.1, 0.15) is 0 Å². The van der Waals surface area contributed by atoms with E-state index in [1.54, 1.807) is 0 Å². The summed E-state index contributed by atoms with van der Waals surface area (Å²) in [6.45, 7) is 2.18. The second-order valence-corrected chi connectivity index (χ2v) is 6.87. The van der Waals surface area contributed by atoms with E-state index >= 15 is 0 Å².